The lowest BCUT2D eigenvalue weighted by Crippen LogP contribution is -2.40. The van der Waals surface area contributed by atoms with Gasteiger partial charge in [0.15, 0.2) is 0 Å². The molecule has 0 bridgehead atoms. The fourth-order valence-corrected chi connectivity index (χ4v) is 2.08. The average Bonchev–Trinajstić information content (AvgIpc) is 2.06. The standard InChI is InChI=1S/C9H15ClF3N/c10-7-3-1-2-4-8(7)14-6-5-9(11,12)13/h7-8,14H,1-6H2. The van der Waals surface area contributed by atoms with E-state index < -0.39 is 12.6 Å². The lowest BCUT2D eigenvalue weighted by atomic mass is 9.95. The first-order valence-corrected chi connectivity index (χ1v) is 5.37. The molecule has 0 spiro atoms. The third kappa shape index (κ3) is 4.51. The lowest BCUT2D eigenvalue weighted by molar-refractivity contribution is -0.133. The highest BCUT2D eigenvalue weighted by molar-refractivity contribution is 6.21. The minimum absolute atomic E-state index is 0.00279. The van der Waals surface area contributed by atoms with E-state index >= 15 is 0 Å². The molecule has 0 aromatic rings. The van der Waals surface area contributed by atoms with Crippen LogP contribution in [0.25, 0.3) is 0 Å². The van der Waals surface area contributed by atoms with Crippen molar-refractivity contribution >= 4 is 11.6 Å². The molecule has 14 heavy (non-hydrogen) atoms. The summed E-state index contributed by atoms with van der Waals surface area (Å²) in [7, 11) is 0. The van der Waals surface area contributed by atoms with Gasteiger partial charge < -0.3 is 5.32 Å². The molecule has 1 fully saturated rings. The molecule has 2 unspecified atom stereocenters. The summed E-state index contributed by atoms with van der Waals surface area (Å²) in [6.45, 7) is -0.0165. The van der Waals surface area contributed by atoms with Gasteiger partial charge in [0.25, 0.3) is 0 Å². The maximum atomic E-state index is 11.8. The van der Waals surface area contributed by atoms with E-state index in [1.165, 1.54) is 0 Å². The van der Waals surface area contributed by atoms with Crippen LogP contribution in [0.3, 0.4) is 0 Å². The minimum atomic E-state index is -4.07. The van der Waals surface area contributed by atoms with Gasteiger partial charge in [-0.05, 0) is 12.8 Å². The van der Waals surface area contributed by atoms with E-state index in [2.05, 4.69) is 5.32 Å². The Hall–Kier alpha value is 0.0400. The second-order valence-corrected chi connectivity index (χ2v) is 4.29. The highest BCUT2D eigenvalue weighted by atomic mass is 35.5. The van der Waals surface area contributed by atoms with Gasteiger partial charge >= 0.3 is 6.18 Å². The van der Waals surface area contributed by atoms with Crippen LogP contribution < -0.4 is 5.32 Å². The Morgan fingerprint density at radius 2 is 1.86 bits per heavy atom. The van der Waals surface area contributed by atoms with E-state index in [0.717, 1.165) is 25.7 Å². The van der Waals surface area contributed by atoms with Crippen LogP contribution in [-0.2, 0) is 0 Å². The first kappa shape index (κ1) is 12.1. The SMILES string of the molecule is FC(F)(F)CCNC1CCCCC1Cl. The molecule has 0 amide bonds. The van der Waals surface area contributed by atoms with Crippen molar-refractivity contribution in [2.75, 3.05) is 6.54 Å². The van der Waals surface area contributed by atoms with Crippen molar-refractivity contribution in [1.82, 2.24) is 5.32 Å². The van der Waals surface area contributed by atoms with Gasteiger partial charge in [0.1, 0.15) is 0 Å². The first-order chi connectivity index (χ1) is 6.49. The van der Waals surface area contributed by atoms with Gasteiger partial charge in [-0.25, -0.2) is 0 Å². The Labute approximate surface area is 87.0 Å². The molecule has 0 saturated heterocycles. The molecule has 2 atom stereocenters. The van der Waals surface area contributed by atoms with Crippen molar-refractivity contribution in [2.45, 2.75) is 49.7 Å². The zero-order valence-electron chi connectivity index (χ0n) is 7.91. The van der Waals surface area contributed by atoms with Crippen LogP contribution in [0.5, 0.6) is 0 Å². The molecule has 1 saturated carbocycles. The Kier molecular flexibility index (Phi) is 4.51. The number of rotatable bonds is 3. The molecule has 5 heteroatoms. The molecule has 1 aliphatic rings. The summed E-state index contributed by atoms with van der Waals surface area (Å²) >= 11 is 5.99. The maximum absolute atomic E-state index is 11.8. The fourth-order valence-electron chi connectivity index (χ4n) is 1.71. The molecule has 1 N–H and O–H groups in total. The van der Waals surface area contributed by atoms with Crippen LogP contribution in [0.1, 0.15) is 32.1 Å². The largest absolute Gasteiger partial charge is 0.390 e. The Morgan fingerprint density at radius 1 is 1.21 bits per heavy atom. The Bertz CT molecular complexity index is 172. The molecule has 1 nitrogen and oxygen atoms in total. The fraction of sp³-hybridized carbons (Fsp3) is 1.00. The van der Waals surface area contributed by atoms with Gasteiger partial charge in [0.2, 0.25) is 0 Å². The molecular weight excluding hydrogens is 215 g/mol. The Balaban J connectivity index is 2.17. The summed E-state index contributed by atoms with van der Waals surface area (Å²) < 4.78 is 35.5. The predicted octanol–water partition coefficient (Wildman–Crippen LogP) is 3.08. The molecule has 1 aliphatic carbocycles. The number of hydrogen-bond acceptors (Lipinski definition) is 1. The van der Waals surface area contributed by atoms with Crippen LogP contribution in [-0.4, -0.2) is 24.1 Å². The lowest BCUT2D eigenvalue weighted by Gasteiger charge is -2.28. The summed E-state index contributed by atoms with van der Waals surface area (Å²) in [5.74, 6) is 0. The van der Waals surface area contributed by atoms with E-state index in [9.17, 15) is 13.2 Å². The highest BCUT2D eigenvalue weighted by Gasteiger charge is 2.28. The minimum Gasteiger partial charge on any atom is -0.312 e. The predicted molar refractivity (Wildman–Crippen MR) is 50.6 cm³/mol. The third-order valence-corrected chi connectivity index (χ3v) is 3.02. The smallest absolute Gasteiger partial charge is 0.312 e. The normalized spacial score (nSPS) is 29.1. The van der Waals surface area contributed by atoms with Crippen molar-refractivity contribution in [2.24, 2.45) is 0 Å². The number of alkyl halides is 4. The van der Waals surface area contributed by atoms with Crippen molar-refractivity contribution in [3.05, 3.63) is 0 Å². The van der Waals surface area contributed by atoms with E-state index in [-0.39, 0.29) is 18.0 Å². The summed E-state index contributed by atoms with van der Waals surface area (Å²) in [6, 6.07) is 0.0627. The zero-order valence-corrected chi connectivity index (χ0v) is 8.67. The van der Waals surface area contributed by atoms with Gasteiger partial charge in [-0.2, -0.15) is 13.2 Å². The van der Waals surface area contributed by atoms with Crippen LogP contribution in [0, 0.1) is 0 Å². The quantitative estimate of drug-likeness (QED) is 0.734. The van der Waals surface area contributed by atoms with E-state index in [4.69, 9.17) is 11.6 Å². The van der Waals surface area contributed by atoms with Crippen molar-refractivity contribution in [1.29, 1.82) is 0 Å². The van der Waals surface area contributed by atoms with Crippen molar-refractivity contribution < 1.29 is 13.2 Å². The average molecular weight is 230 g/mol. The number of halogens is 4. The monoisotopic (exact) mass is 229 g/mol. The van der Waals surface area contributed by atoms with E-state index in [0.29, 0.717) is 0 Å². The second-order valence-electron chi connectivity index (χ2n) is 3.73. The third-order valence-electron chi connectivity index (χ3n) is 2.50. The van der Waals surface area contributed by atoms with Crippen LogP contribution >= 0.6 is 11.6 Å². The molecule has 0 radical (unpaired) electrons. The van der Waals surface area contributed by atoms with Crippen LogP contribution in [0.15, 0.2) is 0 Å². The number of nitrogens with one attached hydrogen (secondary N) is 1. The summed E-state index contributed by atoms with van der Waals surface area (Å²) in [4.78, 5) is 0. The molecule has 0 heterocycles. The summed E-state index contributed by atoms with van der Waals surface area (Å²) in [6.07, 6.45) is -0.883. The van der Waals surface area contributed by atoms with Gasteiger partial charge in [-0.3, -0.25) is 0 Å². The molecular formula is C9H15ClF3N. The van der Waals surface area contributed by atoms with Crippen molar-refractivity contribution in [3.8, 4) is 0 Å². The summed E-state index contributed by atoms with van der Waals surface area (Å²) in [5.41, 5.74) is 0. The molecule has 84 valence electrons. The topological polar surface area (TPSA) is 12.0 Å². The second kappa shape index (κ2) is 5.21. The molecule has 1 rings (SSSR count). The highest BCUT2D eigenvalue weighted by Crippen LogP contribution is 2.24. The maximum Gasteiger partial charge on any atom is 0.390 e. The van der Waals surface area contributed by atoms with E-state index in [1.54, 1.807) is 0 Å². The number of hydrogen-bond donors (Lipinski definition) is 1. The Morgan fingerprint density at radius 3 is 2.43 bits per heavy atom. The summed E-state index contributed by atoms with van der Waals surface area (Å²) in [5, 5.41) is 2.87. The van der Waals surface area contributed by atoms with Crippen LogP contribution in [0.2, 0.25) is 0 Å². The van der Waals surface area contributed by atoms with Crippen LogP contribution in [0.4, 0.5) is 13.2 Å². The van der Waals surface area contributed by atoms with Gasteiger partial charge in [-0.15, -0.1) is 11.6 Å². The molecule has 0 aliphatic heterocycles. The van der Waals surface area contributed by atoms with E-state index in [1.807, 2.05) is 0 Å². The van der Waals surface area contributed by atoms with Gasteiger partial charge in [0.05, 0.1) is 6.42 Å². The first-order valence-electron chi connectivity index (χ1n) is 4.93. The van der Waals surface area contributed by atoms with Crippen molar-refractivity contribution in [3.63, 3.8) is 0 Å². The van der Waals surface area contributed by atoms with Gasteiger partial charge in [-0.1, -0.05) is 12.8 Å². The molecule has 0 aromatic carbocycles. The molecule has 0 aromatic heterocycles. The van der Waals surface area contributed by atoms with Gasteiger partial charge in [0, 0.05) is 18.0 Å². The zero-order chi connectivity index (χ0) is 10.6.